The molecule has 0 radical (unpaired) electrons. The molecule has 0 aliphatic rings. The van der Waals surface area contributed by atoms with E-state index in [9.17, 15) is 0 Å². The lowest BCUT2D eigenvalue weighted by Gasteiger charge is -2.28. The minimum absolute atomic E-state index is 0.588. The Hall–Kier alpha value is -0.240. The van der Waals surface area contributed by atoms with Crippen LogP contribution in [0.4, 0.5) is 0 Å². The zero-order chi connectivity index (χ0) is 18.2. The molecule has 0 saturated heterocycles. The molecule has 0 atom stereocenters. The highest BCUT2D eigenvalue weighted by atomic mass is 16.7. The number of ether oxygens (including phenoxy) is 4. The summed E-state index contributed by atoms with van der Waals surface area (Å²) in [7, 11) is 0. The van der Waals surface area contributed by atoms with Crippen molar-refractivity contribution in [3.8, 4) is 0 Å². The molecule has 0 amide bonds. The van der Waals surface area contributed by atoms with Crippen molar-refractivity contribution in [1.29, 1.82) is 0 Å². The van der Waals surface area contributed by atoms with Crippen LogP contribution >= 0.6 is 0 Å². The minimum atomic E-state index is -0.858. The molecule has 23 heavy (non-hydrogen) atoms. The summed E-state index contributed by atoms with van der Waals surface area (Å²) in [5.41, 5.74) is 11.6. The third-order valence-electron chi connectivity index (χ3n) is 3.18. The molecular weight excluding hydrogens is 296 g/mol. The van der Waals surface area contributed by atoms with E-state index in [-0.39, 0.29) is 0 Å². The highest BCUT2D eigenvalue weighted by Gasteiger charge is 2.24. The summed E-state index contributed by atoms with van der Waals surface area (Å²) in [5.74, 6) is -1.71. The highest BCUT2D eigenvalue weighted by Crippen LogP contribution is 2.15. The Morgan fingerprint density at radius 1 is 0.609 bits per heavy atom. The minimum Gasteiger partial charge on any atom is -0.338 e. The Kier molecular flexibility index (Phi) is 16.6. The van der Waals surface area contributed by atoms with Crippen LogP contribution in [0.5, 0.6) is 0 Å². The van der Waals surface area contributed by atoms with Gasteiger partial charge < -0.3 is 18.9 Å². The highest BCUT2D eigenvalue weighted by molar-refractivity contribution is 4.61. The van der Waals surface area contributed by atoms with Gasteiger partial charge in [-0.2, -0.15) is 0 Å². The van der Waals surface area contributed by atoms with Gasteiger partial charge in [-0.1, -0.05) is 26.7 Å². The molecule has 6 heteroatoms. The smallest absolute Gasteiger partial charge is 0.224 e. The second kappa shape index (κ2) is 15.3. The van der Waals surface area contributed by atoms with Gasteiger partial charge in [0.2, 0.25) is 11.8 Å². The van der Waals surface area contributed by atoms with Crippen molar-refractivity contribution >= 4 is 0 Å². The Morgan fingerprint density at radius 2 is 1.00 bits per heavy atom. The van der Waals surface area contributed by atoms with Crippen LogP contribution in [-0.2, 0) is 18.9 Å². The van der Waals surface area contributed by atoms with E-state index in [1.165, 1.54) is 12.8 Å². The maximum Gasteiger partial charge on any atom is 0.224 e. The van der Waals surface area contributed by atoms with E-state index < -0.39 is 11.8 Å². The van der Waals surface area contributed by atoms with Crippen LogP contribution in [0.1, 0.15) is 73.6 Å². The molecule has 0 spiro atoms. The lowest BCUT2D eigenvalue weighted by Crippen LogP contribution is -2.45. The fourth-order valence-corrected chi connectivity index (χ4v) is 2.03. The number of unbranched alkanes of at least 4 members (excludes halogenated alkanes) is 2. The Bertz CT molecular complexity index is 241. The SMILES string of the molecule is CCCCCC(N)(OCC)OCC.CCOC(N)(CC)OCC. The van der Waals surface area contributed by atoms with E-state index in [1.807, 2.05) is 34.6 Å². The van der Waals surface area contributed by atoms with Gasteiger partial charge in [0.05, 0.1) is 0 Å². The van der Waals surface area contributed by atoms with Crippen LogP contribution in [0.3, 0.4) is 0 Å². The predicted molar refractivity (Wildman–Crippen MR) is 94.8 cm³/mol. The van der Waals surface area contributed by atoms with E-state index in [0.717, 1.165) is 12.8 Å². The summed E-state index contributed by atoms with van der Waals surface area (Å²) in [6.07, 6.45) is 4.89. The average molecular weight is 337 g/mol. The summed E-state index contributed by atoms with van der Waals surface area (Å²) in [6.45, 7) is 14.1. The first kappa shape index (κ1) is 25.0. The molecule has 0 heterocycles. The fraction of sp³-hybridized carbons (Fsp3) is 1.00. The van der Waals surface area contributed by atoms with Crippen molar-refractivity contribution in [2.24, 2.45) is 11.5 Å². The normalized spacial score (nSPS) is 12.0. The standard InChI is InChI=1S/C10H23NO2.C7H17NO2/c1-4-7-8-9-10(11,12-5-2)13-6-3;1-4-7(8,9-5-2)10-6-3/h4-9,11H2,1-3H3;4-6,8H2,1-3H3. The molecule has 0 bridgehead atoms. The quantitative estimate of drug-likeness (QED) is 0.396. The molecular formula is C17H40N2O4. The van der Waals surface area contributed by atoms with Crippen molar-refractivity contribution in [2.45, 2.75) is 85.5 Å². The predicted octanol–water partition coefficient (Wildman–Crippen LogP) is 3.33. The first-order valence-electron chi connectivity index (χ1n) is 9.00. The van der Waals surface area contributed by atoms with E-state index in [4.69, 9.17) is 30.4 Å². The number of hydrogen-bond donors (Lipinski definition) is 2. The molecule has 0 aromatic rings. The second-order valence-corrected chi connectivity index (χ2v) is 5.17. The van der Waals surface area contributed by atoms with Gasteiger partial charge in [-0.15, -0.1) is 0 Å². The van der Waals surface area contributed by atoms with Crippen LogP contribution < -0.4 is 11.5 Å². The van der Waals surface area contributed by atoms with Gasteiger partial charge in [0.1, 0.15) is 0 Å². The van der Waals surface area contributed by atoms with Crippen LogP contribution in [0.25, 0.3) is 0 Å². The third kappa shape index (κ3) is 13.9. The molecule has 0 fully saturated rings. The molecule has 0 saturated carbocycles. The van der Waals surface area contributed by atoms with Gasteiger partial charge in [0, 0.05) is 39.3 Å². The Balaban J connectivity index is 0. The molecule has 6 nitrogen and oxygen atoms in total. The van der Waals surface area contributed by atoms with Crippen molar-refractivity contribution in [1.82, 2.24) is 0 Å². The van der Waals surface area contributed by atoms with E-state index >= 15 is 0 Å². The maximum absolute atomic E-state index is 5.92. The average Bonchev–Trinajstić information content (AvgIpc) is 2.49. The molecule has 0 aromatic carbocycles. The largest absolute Gasteiger partial charge is 0.338 e. The topological polar surface area (TPSA) is 89.0 Å². The van der Waals surface area contributed by atoms with Crippen LogP contribution in [0.15, 0.2) is 0 Å². The van der Waals surface area contributed by atoms with Gasteiger partial charge in [0.25, 0.3) is 0 Å². The van der Waals surface area contributed by atoms with E-state index in [0.29, 0.717) is 32.8 Å². The summed E-state index contributed by atoms with van der Waals surface area (Å²) in [5, 5.41) is 0. The van der Waals surface area contributed by atoms with Gasteiger partial charge >= 0.3 is 0 Å². The van der Waals surface area contributed by atoms with Gasteiger partial charge in [-0.05, 0) is 34.1 Å². The number of rotatable bonds is 13. The molecule has 142 valence electrons. The first-order chi connectivity index (χ1) is 10.9. The third-order valence-corrected chi connectivity index (χ3v) is 3.18. The fourth-order valence-electron chi connectivity index (χ4n) is 2.03. The molecule has 0 rings (SSSR count). The molecule has 0 aliphatic carbocycles. The Morgan fingerprint density at radius 3 is 1.30 bits per heavy atom. The summed E-state index contributed by atoms with van der Waals surface area (Å²) >= 11 is 0. The lowest BCUT2D eigenvalue weighted by atomic mass is 10.1. The van der Waals surface area contributed by atoms with Gasteiger partial charge in [-0.3, -0.25) is 11.5 Å². The van der Waals surface area contributed by atoms with Crippen molar-refractivity contribution in [3.05, 3.63) is 0 Å². The second-order valence-electron chi connectivity index (χ2n) is 5.17. The van der Waals surface area contributed by atoms with E-state index in [2.05, 4.69) is 6.92 Å². The monoisotopic (exact) mass is 336 g/mol. The Labute approximate surface area is 143 Å². The number of nitrogens with two attached hydrogens (primary N) is 2. The molecule has 0 unspecified atom stereocenters. The summed E-state index contributed by atoms with van der Waals surface area (Å²) in [6, 6.07) is 0. The lowest BCUT2D eigenvalue weighted by molar-refractivity contribution is -0.233. The zero-order valence-electron chi connectivity index (χ0n) is 16.2. The molecule has 4 N–H and O–H groups in total. The van der Waals surface area contributed by atoms with Crippen LogP contribution in [0, 0.1) is 0 Å². The molecule has 0 aliphatic heterocycles. The van der Waals surface area contributed by atoms with Gasteiger partial charge in [-0.25, -0.2) is 0 Å². The van der Waals surface area contributed by atoms with Crippen molar-refractivity contribution in [2.75, 3.05) is 26.4 Å². The summed E-state index contributed by atoms with van der Waals surface area (Å²) in [4.78, 5) is 0. The first-order valence-corrected chi connectivity index (χ1v) is 9.00. The van der Waals surface area contributed by atoms with Gasteiger partial charge in [0.15, 0.2) is 0 Å². The number of hydrogen-bond acceptors (Lipinski definition) is 6. The van der Waals surface area contributed by atoms with Crippen molar-refractivity contribution < 1.29 is 18.9 Å². The summed E-state index contributed by atoms with van der Waals surface area (Å²) < 4.78 is 21.1. The van der Waals surface area contributed by atoms with Crippen molar-refractivity contribution in [3.63, 3.8) is 0 Å². The maximum atomic E-state index is 5.92. The zero-order valence-corrected chi connectivity index (χ0v) is 16.2. The van der Waals surface area contributed by atoms with Crippen LogP contribution in [-0.4, -0.2) is 38.2 Å². The van der Waals surface area contributed by atoms with Crippen LogP contribution in [0.2, 0.25) is 0 Å². The van der Waals surface area contributed by atoms with E-state index in [1.54, 1.807) is 0 Å². The molecule has 0 aromatic heterocycles.